The second kappa shape index (κ2) is 11.3. The summed E-state index contributed by atoms with van der Waals surface area (Å²) in [4.78, 5) is 25.2. The highest BCUT2D eigenvalue weighted by Gasteiger charge is 2.16. The predicted molar refractivity (Wildman–Crippen MR) is 140 cm³/mol. The predicted octanol–water partition coefficient (Wildman–Crippen LogP) is 3.14. The van der Waals surface area contributed by atoms with Crippen LogP contribution in [-0.4, -0.2) is 71.9 Å². The van der Waals surface area contributed by atoms with Crippen LogP contribution in [0.4, 0.5) is 34.5 Å². The van der Waals surface area contributed by atoms with E-state index in [1.807, 2.05) is 47.4 Å². The molecule has 1 aromatic carbocycles. The van der Waals surface area contributed by atoms with Crippen LogP contribution in [0.1, 0.15) is 5.69 Å². The molecule has 0 fully saturated rings. The zero-order valence-electron chi connectivity index (χ0n) is 21.1. The van der Waals surface area contributed by atoms with Gasteiger partial charge in [0, 0.05) is 45.6 Å². The Morgan fingerprint density at radius 3 is 2.57 bits per heavy atom. The number of carbonyl (C=O) groups excluding carboxylic acids is 1. The third-order valence-electron chi connectivity index (χ3n) is 5.23. The van der Waals surface area contributed by atoms with Crippen molar-refractivity contribution in [1.82, 2.24) is 24.6 Å². The van der Waals surface area contributed by atoms with Gasteiger partial charge in [0.25, 0.3) is 0 Å². The first-order chi connectivity index (χ1) is 16.7. The summed E-state index contributed by atoms with van der Waals surface area (Å²) in [7, 11) is 9.45. The molecule has 2 heterocycles. The fraction of sp³-hybridized carbons (Fsp3) is 0.333. The topological polar surface area (TPSA) is 112 Å². The Balaban J connectivity index is 1.92. The van der Waals surface area contributed by atoms with Gasteiger partial charge in [-0.1, -0.05) is 6.58 Å². The molecular formula is C24H33N9O2. The average Bonchev–Trinajstić information content (AvgIpc) is 3.14. The molecule has 0 saturated carbocycles. The van der Waals surface area contributed by atoms with Crippen LogP contribution in [0.2, 0.25) is 0 Å². The maximum atomic E-state index is 12.1. The van der Waals surface area contributed by atoms with Crippen molar-refractivity contribution in [1.29, 1.82) is 0 Å². The number of anilines is 6. The van der Waals surface area contributed by atoms with Crippen molar-refractivity contribution in [2.75, 3.05) is 62.2 Å². The molecule has 0 saturated heterocycles. The van der Waals surface area contributed by atoms with Crippen LogP contribution < -0.4 is 25.6 Å². The van der Waals surface area contributed by atoms with Crippen LogP contribution in [0, 0.1) is 6.92 Å². The average molecular weight is 480 g/mol. The smallest absolute Gasteiger partial charge is 0.247 e. The molecule has 0 aliphatic carbocycles. The van der Waals surface area contributed by atoms with E-state index in [1.165, 1.54) is 6.08 Å². The molecule has 11 nitrogen and oxygen atoms in total. The lowest BCUT2D eigenvalue weighted by molar-refractivity contribution is -0.111. The summed E-state index contributed by atoms with van der Waals surface area (Å²) in [6.45, 7) is 7.08. The van der Waals surface area contributed by atoms with Crippen molar-refractivity contribution in [2.24, 2.45) is 7.05 Å². The second-order valence-corrected chi connectivity index (χ2v) is 8.31. The zero-order chi connectivity index (χ0) is 25.5. The van der Waals surface area contributed by atoms with Crippen LogP contribution in [0.5, 0.6) is 5.75 Å². The number of nitrogens with one attached hydrogen (secondary N) is 3. The summed E-state index contributed by atoms with van der Waals surface area (Å²) in [5.74, 6) is 1.25. The number of carbonyl (C=O) groups is 1. The minimum absolute atomic E-state index is 0.308. The normalized spacial score (nSPS) is 10.7. The number of rotatable bonds is 11. The number of likely N-dealkylation sites (N-methyl/N-ethyl adjacent to an activating group) is 2. The Kier molecular flexibility index (Phi) is 8.26. The largest absolute Gasteiger partial charge is 0.494 e. The first kappa shape index (κ1) is 25.5. The molecule has 3 N–H and O–H groups in total. The monoisotopic (exact) mass is 479 g/mol. The van der Waals surface area contributed by atoms with E-state index in [9.17, 15) is 4.79 Å². The molecule has 3 aromatic rings. The van der Waals surface area contributed by atoms with Crippen LogP contribution in [-0.2, 0) is 11.8 Å². The molecule has 0 spiro atoms. The maximum Gasteiger partial charge on any atom is 0.247 e. The number of benzene rings is 1. The summed E-state index contributed by atoms with van der Waals surface area (Å²) in [5.41, 5.74) is 3.74. The fourth-order valence-electron chi connectivity index (χ4n) is 3.38. The van der Waals surface area contributed by atoms with Gasteiger partial charge in [0.2, 0.25) is 11.9 Å². The van der Waals surface area contributed by atoms with Crippen molar-refractivity contribution in [2.45, 2.75) is 6.92 Å². The lowest BCUT2D eigenvalue weighted by atomic mass is 10.2. The summed E-state index contributed by atoms with van der Waals surface area (Å²) >= 11 is 0. The zero-order valence-corrected chi connectivity index (χ0v) is 21.1. The van der Waals surface area contributed by atoms with E-state index in [0.29, 0.717) is 28.9 Å². The van der Waals surface area contributed by atoms with Crippen molar-refractivity contribution in [3.8, 4) is 5.75 Å². The van der Waals surface area contributed by atoms with Gasteiger partial charge in [-0.25, -0.2) is 4.98 Å². The molecule has 2 aromatic heterocycles. The van der Waals surface area contributed by atoms with Gasteiger partial charge < -0.3 is 30.5 Å². The number of aromatic nitrogens is 4. The number of methoxy groups -OCH3 is 1. The van der Waals surface area contributed by atoms with Crippen molar-refractivity contribution in [3.05, 3.63) is 48.9 Å². The summed E-state index contributed by atoms with van der Waals surface area (Å²) in [5, 5.41) is 13.7. The van der Waals surface area contributed by atoms with Crippen molar-refractivity contribution >= 4 is 40.4 Å². The van der Waals surface area contributed by atoms with Gasteiger partial charge in [-0.15, -0.1) is 0 Å². The Hall–Kier alpha value is -4.12. The Labute approximate surface area is 205 Å². The minimum atomic E-state index is -0.308. The minimum Gasteiger partial charge on any atom is -0.494 e. The molecule has 186 valence electrons. The SMILES string of the molecule is C=CC(=O)Nc1cc(Nc2nccc(Nc3cn(C)nc3C)n2)c(OC)cc1N(C)CCN(C)C. The van der Waals surface area contributed by atoms with E-state index >= 15 is 0 Å². The molecule has 35 heavy (non-hydrogen) atoms. The van der Waals surface area contributed by atoms with Gasteiger partial charge in [-0.2, -0.15) is 10.1 Å². The maximum absolute atomic E-state index is 12.1. The van der Waals surface area contributed by atoms with Crippen LogP contribution >= 0.6 is 0 Å². The molecule has 0 aliphatic heterocycles. The molecule has 11 heteroatoms. The van der Waals surface area contributed by atoms with E-state index in [4.69, 9.17) is 4.74 Å². The van der Waals surface area contributed by atoms with Gasteiger partial charge in [-0.3, -0.25) is 9.48 Å². The molecule has 0 radical (unpaired) electrons. The number of hydrogen-bond acceptors (Lipinski definition) is 9. The number of hydrogen-bond donors (Lipinski definition) is 3. The standard InChI is InChI=1S/C24H33N9O2/c1-8-23(34)27-17-13-18(21(35-7)14-20(17)32(5)12-11-31(3)4)28-24-25-10-9-22(29-24)26-19-15-33(6)30-16(19)2/h8-10,13-15H,1,11-12H2,2-7H3,(H,27,34)(H2,25,26,28,29). The highest BCUT2D eigenvalue weighted by atomic mass is 16.5. The summed E-state index contributed by atoms with van der Waals surface area (Å²) in [6, 6.07) is 5.45. The Morgan fingerprint density at radius 2 is 1.94 bits per heavy atom. The van der Waals surface area contributed by atoms with Crippen LogP contribution in [0.3, 0.4) is 0 Å². The molecule has 0 aliphatic rings. The Morgan fingerprint density at radius 1 is 1.17 bits per heavy atom. The molecular weight excluding hydrogens is 446 g/mol. The quantitative estimate of drug-likeness (QED) is 0.357. The van der Waals surface area contributed by atoms with Crippen molar-refractivity contribution < 1.29 is 9.53 Å². The highest BCUT2D eigenvalue weighted by Crippen LogP contribution is 2.38. The van der Waals surface area contributed by atoms with Crippen LogP contribution in [0.15, 0.2) is 43.2 Å². The first-order valence-corrected chi connectivity index (χ1v) is 11.1. The molecule has 3 rings (SSSR count). The van der Waals surface area contributed by atoms with E-state index in [-0.39, 0.29) is 5.91 Å². The lowest BCUT2D eigenvalue weighted by Gasteiger charge is -2.26. The summed E-state index contributed by atoms with van der Waals surface area (Å²) in [6.07, 6.45) is 4.77. The first-order valence-electron chi connectivity index (χ1n) is 11.1. The third kappa shape index (κ3) is 6.70. The molecule has 0 bridgehead atoms. The fourth-order valence-corrected chi connectivity index (χ4v) is 3.38. The van der Waals surface area contributed by atoms with Crippen LogP contribution in [0.25, 0.3) is 0 Å². The number of ether oxygens (including phenoxy) is 1. The van der Waals surface area contributed by atoms with Crippen molar-refractivity contribution in [3.63, 3.8) is 0 Å². The van der Waals surface area contributed by atoms with Gasteiger partial charge in [0.1, 0.15) is 11.6 Å². The van der Waals surface area contributed by atoms with Gasteiger partial charge in [-0.05, 0) is 39.2 Å². The van der Waals surface area contributed by atoms with E-state index in [0.717, 1.165) is 30.2 Å². The number of amides is 1. The van der Waals surface area contributed by atoms with E-state index < -0.39 is 0 Å². The van der Waals surface area contributed by atoms with E-state index in [1.54, 1.807) is 30.1 Å². The molecule has 0 atom stereocenters. The third-order valence-corrected chi connectivity index (χ3v) is 5.23. The molecule has 0 unspecified atom stereocenters. The van der Waals surface area contributed by atoms with E-state index in [2.05, 4.69) is 47.4 Å². The lowest BCUT2D eigenvalue weighted by Crippen LogP contribution is -2.29. The van der Waals surface area contributed by atoms with Gasteiger partial charge >= 0.3 is 0 Å². The van der Waals surface area contributed by atoms with Gasteiger partial charge in [0.15, 0.2) is 0 Å². The number of aryl methyl sites for hydroxylation is 2. The second-order valence-electron chi connectivity index (χ2n) is 8.31. The highest BCUT2D eigenvalue weighted by molar-refractivity contribution is 6.02. The summed E-state index contributed by atoms with van der Waals surface area (Å²) < 4.78 is 7.39. The number of nitrogens with zero attached hydrogens (tertiary/aromatic N) is 6. The molecule has 1 amide bonds. The Bertz CT molecular complexity index is 1190. The van der Waals surface area contributed by atoms with Gasteiger partial charge in [0.05, 0.1) is 35.6 Å².